The second-order valence-electron chi connectivity index (χ2n) is 5.05. The van der Waals surface area contributed by atoms with Crippen LogP contribution in [0.1, 0.15) is 0 Å². The quantitative estimate of drug-likeness (QED) is 0.563. The number of carbonyl (C=O) groups excluding carboxylic acids is 1. The van der Waals surface area contributed by atoms with Gasteiger partial charge in [-0.25, -0.2) is 4.79 Å². The molecule has 120 valence electrons. The van der Waals surface area contributed by atoms with Gasteiger partial charge in [-0.2, -0.15) is 8.42 Å². The van der Waals surface area contributed by atoms with Crippen molar-refractivity contribution in [3.63, 3.8) is 0 Å². The van der Waals surface area contributed by atoms with Gasteiger partial charge in [0.25, 0.3) is 10.1 Å². The van der Waals surface area contributed by atoms with Gasteiger partial charge in [0.05, 0.1) is 0 Å². The zero-order valence-corrected chi connectivity index (χ0v) is 14.8. The topological polar surface area (TPSA) is 86.7 Å². The molecule has 0 saturated carbocycles. The highest BCUT2D eigenvalue weighted by molar-refractivity contribution is 14.1. The van der Waals surface area contributed by atoms with Crippen LogP contribution in [0.15, 0.2) is 47.4 Å². The number of amides is 2. The van der Waals surface area contributed by atoms with Crippen LogP contribution in [0.5, 0.6) is 0 Å². The minimum Gasteiger partial charge on any atom is -0.336 e. The molecule has 2 aromatic carbocycles. The Kier molecular flexibility index (Phi) is 4.30. The lowest BCUT2D eigenvalue weighted by molar-refractivity contribution is 0.252. The Hall–Kier alpha value is -1.65. The van der Waals surface area contributed by atoms with Gasteiger partial charge >= 0.3 is 6.03 Å². The zero-order valence-electron chi connectivity index (χ0n) is 11.9. The Balaban J connectivity index is 2.16. The lowest BCUT2D eigenvalue weighted by atomic mass is 10.0. The number of carbonyl (C=O) groups is 1. The summed E-state index contributed by atoms with van der Waals surface area (Å²) < 4.78 is 33.8. The molecule has 1 fully saturated rings. The number of nitrogens with one attached hydrogen (secondary N) is 1. The molecule has 8 heteroatoms. The summed E-state index contributed by atoms with van der Waals surface area (Å²) in [5.41, 5.74) is 1.60. The second kappa shape index (κ2) is 6.10. The predicted molar refractivity (Wildman–Crippen MR) is 95.2 cm³/mol. The predicted octanol–water partition coefficient (Wildman–Crippen LogP) is 2.73. The van der Waals surface area contributed by atoms with E-state index in [4.69, 9.17) is 0 Å². The third-order valence-electron chi connectivity index (χ3n) is 3.56. The molecule has 2 N–H and O–H groups in total. The lowest BCUT2D eigenvalue weighted by Gasteiger charge is -2.17. The molecule has 0 aromatic heterocycles. The maximum absolute atomic E-state index is 11.8. The maximum atomic E-state index is 11.8. The highest BCUT2D eigenvalue weighted by Gasteiger charge is 2.24. The normalized spacial score (nSPS) is 14.9. The van der Waals surface area contributed by atoms with Crippen LogP contribution < -0.4 is 10.2 Å². The van der Waals surface area contributed by atoms with Gasteiger partial charge in [-0.1, -0.05) is 12.1 Å². The first-order chi connectivity index (χ1) is 10.9. The van der Waals surface area contributed by atoms with E-state index in [1.165, 1.54) is 17.0 Å². The fourth-order valence-electron chi connectivity index (χ4n) is 2.48. The van der Waals surface area contributed by atoms with Crippen molar-refractivity contribution in [2.75, 3.05) is 18.0 Å². The van der Waals surface area contributed by atoms with E-state index in [0.717, 1.165) is 3.57 Å². The van der Waals surface area contributed by atoms with E-state index in [-0.39, 0.29) is 10.9 Å². The summed E-state index contributed by atoms with van der Waals surface area (Å²) in [6, 6.07) is 11.5. The van der Waals surface area contributed by atoms with Crippen molar-refractivity contribution in [3.05, 3.63) is 46.0 Å². The first-order valence-electron chi connectivity index (χ1n) is 6.79. The fraction of sp³-hybridized carbons (Fsp3) is 0.133. The molecule has 1 aliphatic heterocycles. The molecule has 0 unspecified atom stereocenters. The summed E-state index contributed by atoms with van der Waals surface area (Å²) in [4.78, 5) is 13.1. The first-order valence-corrected chi connectivity index (χ1v) is 9.31. The lowest BCUT2D eigenvalue weighted by Crippen LogP contribution is -2.27. The number of benzene rings is 2. The van der Waals surface area contributed by atoms with E-state index in [1.807, 2.05) is 12.1 Å². The van der Waals surface area contributed by atoms with Crippen LogP contribution in [-0.2, 0) is 10.1 Å². The number of anilines is 1. The van der Waals surface area contributed by atoms with Crippen molar-refractivity contribution in [3.8, 4) is 11.1 Å². The molecule has 1 heterocycles. The van der Waals surface area contributed by atoms with Gasteiger partial charge < -0.3 is 5.32 Å². The molecule has 2 amide bonds. The van der Waals surface area contributed by atoms with E-state index >= 15 is 0 Å². The van der Waals surface area contributed by atoms with Crippen LogP contribution in [0.4, 0.5) is 10.5 Å². The molecule has 0 aliphatic carbocycles. The zero-order chi connectivity index (χ0) is 16.6. The molecule has 0 spiro atoms. The van der Waals surface area contributed by atoms with Crippen molar-refractivity contribution in [2.24, 2.45) is 0 Å². The number of urea groups is 1. The molecule has 3 rings (SSSR count). The average Bonchev–Trinajstić information content (AvgIpc) is 2.93. The summed E-state index contributed by atoms with van der Waals surface area (Å²) in [6.45, 7) is 1.05. The third-order valence-corrected chi connectivity index (χ3v) is 5.20. The van der Waals surface area contributed by atoms with Crippen molar-refractivity contribution >= 4 is 44.4 Å². The monoisotopic (exact) mass is 444 g/mol. The molecule has 0 radical (unpaired) electrons. The largest absolute Gasteiger partial charge is 0.336 e. The summed E-state index contributed by atoms with van der Waals surface area (Å²) in [6.07, 6.45) is 0. The van der Waals surface area contributed by atoms with Gasteiger partial charge in [0, 0.05) is 27.9 Å². The molecular weight excluding hydrogens is 431 g/mol. The third kappa shape index (κ3) is 3.33. The van der Waals surface area contributed by atoms with Crippen LogP contribution in [0.3, 0.4) is 0 Å². The van der Waals surface area contributed by atoms with Crippen LogP contribution in [0, 0.1) is 3.57 Å². The Labute approximate surface area is 147 Å². The van der Waals surface area contributed by atoms with Gasteiger partial charge in [0.15, 0.2) is 0 Å². The van der Waals surface area contributed by atoms with Gasteiger partial charge in [0.1, 0.15) is 4.90 Å². The van der Waals surface area contributed by atoms with Crippen molar-refractivity contribution in [1.29, 1.82) is 0 Å². The Morgan fingerprint density at radius 3 is 2.39 bits per heavy atom. The number of halogens is 1. The van der Waals surface area contributed by atoms with E-state index < -0.39 is 10.1 Å². The van der Waals surface area contributed by atoms with Crippen molar-refractivity contribution in [1.82, 2.24) is 5.32 Å². The summed E-state index contributed by atoms with van der Waals surface area (Å²) >= 11 is 2.15. The molecule has 2 aromatic rings. The summed E-state index contributed by atoms with van der Waals surface area (Å²) in [5.74, 6) is 0. The molecule has 6 nitrogen and oxygen atoms in total. The number of rotatable bonds is 3. The number of hydrogen-bond acceptors (Lipinski definition) is 3. The highest BCUT2D eigenvalue weighted by Crippen LogP contribution is 2.32. The SMILES string of the molecule is O=C1NCCN1c1ccc(S(=O)(=O)O)c(-c2ccc(I)cc2)c1. The molecular formula is C15H13IN2O4S. The smallest absolute Gasteiger partial charge is 0.321 e. The second-order valence-corrected chi connectivity index (χ2v) is 7.68. The number of hydrogen-bond donors (Lipinski definition) is 2. The molecule has 23 heavy (non-hydrogen) atoms. The standard InChI is InChI=1S/C15H13IN2O4S/c16-11-3-1-10(2-4-11)13-9-12(18-8-7-17-15(18)19)5-6-14(13)23(20,21)22/h1-6,9H,7-8H2,(H,17,19)(H,20,21,22). The van der Waals surface area contributed by atoms with Gasteiger partial charge in [-0.3, -0.25) is 9.45 Å². The van der Waals surface area contributed by atoms with Gasteiger partial charge in [-0.05, 0) is 58.5 Å². The molecule has 0 atom stereocenters. The molecule has 1 saturated heterocycles. The minimum absolute atomic E-state index is 0.179. The van der Waals surface area contributed by atoms with Gasteiger partial charge in [0.2, 0.25) is 0 Å². The Morgan fingerprint density at radius 1 is 1.13 bits per heavy atom. The highest BCUT2D eigenvalue weighted by atomic mass is 127. The average molecular weight is 444 g/mol. The summed E-state index contributed by atoms with van der Waals surface area (Å²) in [7, 11) is -4.37. The fourth-order valence-corrected chi connectivity index (χ4v) is 3.54. The number of nitrogens with zero attached hydrogens (tertiary/aromatic N) is 1. The van der Waals surface area contributed by atoms with Crippen molar-refractivity contribution < 1.29 is 17.8 Å². The maximum Gasteiger partial charge on any atom is 0.321 e. The first kappa shape index (κ1) is 16.2. The van der Waals surface area contributed by atoms with Crippen LogP contribution in [0.25, 0.3) is 11.1 Å². The van der Waals surface area contributed by atoms with Crippen LogP contribution >= 0.6 is 22.6 Å². The van der Waals surface area contributed by atoms with E-state index in [2.05, 4.69) is 27.9 Å². The van der Waals surface area contributed by atoms with Crippen LogP contribution in [0.2, 0.25) is 0 Å². The molecule has 1 aliphatic rings. The Bertz CT molecular complexity index is 866. The summed E-state index contributed by atoms with van der Waals surface area (Å²) in [5, 5.41) is 2.70. The Morgan fingerprint density at radius 2 is 1.83 bits per heavy atom. The van der Waals surface area contributed by atoms with Crippen molar-refractivity contribution in [2.45, 2.75) is 4.90 Å². The molecule has 0 bridgehead atoms. The van der Waals surface area contributed by atoms with E-state index in [9.17, 15) is 17.8 Å². The van der Waals surface area contributed by atoms with E-state index in [0.29, 0.717) is 29.9 Å². The minimum atomic E-state index is -4.37. The van der Waals surface area contributed by atoms with E-state index in [1.54, 1.807) is 18.2 Å². The van der Waals surface area contributed by atoms with Gasteiger partial charge in [-0.15, -0.1) is 0 Å². The van der Waals surface area contributed by atoms with Crippen LogP contribution in [-0.4, -0.2) is 32.1 Å².